The van der Waals surface area contributed by atoms with Crippen LogP contribution < -0.4 is 15.0 Å². The lowest BCUT2D eigenvalue weighted by Gasteiger charge is -2.38. The van der Waals surface area contributed by atoms with Gasteiger partial charge in [0.1, 0.15) is 34.7 Å². The van der Waals surface area contributed by atoms with E-state index in [0.717, 1.165) is 16.3 Å². The summed E-state index contributed by atoms with van der Waals surface area (Å²) in [7, 11) is 1.45. The highest BCUT2D eigenvalue weighted by Gasteiger charge is 2.50. The van der Waals surface area contributed by atoms with Crippen LogP contribution in [0.2, 0.25) is 0 Å². The van der Waals surface area contributed by atoms with Crippen molar-refractivity contribution in [3.8, 4) is 23.0 Å². The molecule has 1 saturated heterocycles. The Labute approximate surface area is 390 Å². The van der Waals surface area contributed by atoms with Gasteiger partial charge in [0, 0.05) is 93.9 Å². The third-order valence-electron chi connectivity index (χ3n) is 13.9. The lowest BCUT2D eigenvalue weighted by Crippen LogP contribution is -2.46. The number of phenols is 3. The number of hydrogen-bond donors (Lipinski definition) is 6. The van der Waals surface area contributed by atoms with Crippen molar-refractivity contribution in [1.82, 2.24) is 4.90 Å². The number of nitrogens with zero attached hydrogens (tertiary/aromatic N) is 2. The van der Waals surface area contributed by atoms with E-state index < -0.39 is 88.8 Å². The van der Waals surface area contributed by atoms with E-state index in [1.165, 1.54) is 46.3 Å². The number of benzene rings is 4. The number of esters is 1. The van der Waals surface area contributed by atoms with Gasteiger partial charge in [-0.25, -0.2) is 0 Å². The quantitative estimate of drug-likeness (QED) is 0.0664. The molecular weight excluding hydrogens is 859 g/mol. The van der Waals surface area contributed by atoms with Gasteiger partial charge in [-0.05, 0) is 36.3 Å². The zero-order valence-corrected chi connectivity index (χ0v) is 39.6. The minimum Gasteiger partial charge on any atom is -0.507 e. The minimum absolute atomic E-state index is 0.0476. The van der Waals surface area contributed by atoms with Crippen molar-refractivity contribution in [2.75, 3.05) is 43.5 Å². The predicted molar refractivity (Wildman–Crippen MR) is 255 cm³/mol. The van der Waals surface area contributed by atoms with Gasteiger partial charge >= 0.3 is 11.8 Å². The molecule has 0 unspecified atom stereocenters. The molecule has 15 heteroatoms. The first kappa shape index (κ1) is 48.8. The van der Waals surface area contributed by atoms with E-state index in [2.05, 4.69) is 34.5 Å². The van der Waals surface area contributed by atoms with Gasteiger partial charge in [0.25, 0.3) is 11.7 Å². The molecule has 5 bridgehead atoms. The van der Waals surface area contributed by atoms with E-state index in [1.54, 1.807) is 46.8 Å². The Bertz CT molecular complexity index is 2650. The number of phenolic OH excluding ortho intramolecular Hbond substituents is 3. The molecule has 4 aliphatic rings. The molecule has 0 radical (unpaired) electrons. The molecule has 15 nitrogen and oxygen atoms in total. The number of aliphatic hydroxyl groups is 2. The van der Waals surface area contributed by atoms with Crippen LogP contribution in [-0.4, -0.2) is 112 Å². The van der Waals surface area contributed by atoms with E-state index in [0.29, 0.717) is 32.7 Å². The summed E-state index contributed by atoms with van der Waals surface area (Å²) in [5.74, 6) is -8.07. The first-order valence-corrected chi connectivity index (χ1v) is 22.8. The molecule has 4 aliphatic heterocycles. The Hall–Kier alpha value is -6.13. The molecule has 67 heavy (non-hydrogen) atoms. The lowest BCUT2D eigenvalue weighted by molar-refractivity contribution is -0.160. The van der Waals surface area contributed by atoms with E-state index in [1.807, 2.05) is 23.1 Å². The van der Waals surface area contributed by atoms with Crippen molar-refractivity contribution in [3.05, 3.63) is 95.3 Å². The molecule has 1 fully saturated rings. The number of nitrogens with one attached hydrogen (secondary N) is 1. The number of aliphatic hydroxyl groups excluding tert-OH is 2. The second-order valence-corrected chi connectivity index (χ2v) is 18.5. The van der Waals surface area contributed by atoms with Crippen LogP contribution >= 0.6 is 0 Å². The van der Waals surface area contributed by atoms with Crippen LogP contribution in [-0.2, 0) is 30.3 Å². The average Bonchev–Trinajstić information content (AvgIpc) is 3.57. The Morgan fingerprint density at radius 2 is 1.55 bits per heavy atom. The summed E-state index contributed by atoms with van der Waals surface area (Å²) in [6, 6.07) is 14.4. The van der Waals surface area contributed by atoms with Crippen molar-refractivity contribution >= 4 is 50.6 Å². The summed E-state index contributed by atoms with van der Waals surface area (Å²) < 4.78 is 23.9. The lowest BCUT2D eigenvalue weighted by atomic mass is 9.78. The van der Waals surface area contributed by atoms with Crippen molar-refractivity contribution in [2.24, 2.45) is 23.7 Å². The number of rotatable bonds is 5. The molecule has 8 rings (SSSR count). The first-order valence-electron chi connectivity index (χ1n) is 22.8. The highest BCUT2D eigenvalue weighted by atomic mass is 16.7. The fourth-order valence-corrected chi connectivity index (χ4v) is 9.82. The summed E-state index contributed by atoms with van der Waals surface area (Å²) in [5.41, 5.74) is 1.17. The Kier molecular flexibility index (Phi) is 14.3. The Balaban J connectivity index is 1.33. The number of carbonyl (C=O) groups is 3. The normalized spacial score (nSPS) is 29.5. The minimum atomic E-state index is -2.04. The number of fused-ring (bicyclic) bond motifs is 15. The summed E-state index contributed by atoms with van der Waals surface area (Å²) >= 11 is 0. The summed E-state index contributed by atoms with van der Waals surface area (Å²) in [4.78, 5) is 45.3. The fourth-order valence-electron chi connectivity index (χ4n) is 9.82. The molecule has 0 aliphatic carbocycles. The van der Waals surface area contributed by atoms with E-state index in [4.69, 9.17) is 18.9 Å². The predicted octanol–water partition coefficient (Wildman–Crippen LogP) is 7.23. The van der Waals surface area contributed by atoms with Crippen LogP contribution in [0.3, 0.4) is 0 Å². The molecule has 4 aromatic rings. The van der Waals surface area contributed by atoms with E-state index in [-0.39, 0.29) is 44.6 Å². The Morgan fingerprint density at radius 3 is 2.24 bits per heavy atom. The number of amides is 1. The largest absolute Gasteiger partial charge is 0.507 e. The fraction of sp³-hybridized carbons (Fsp3) is 0.442. The molecular formula is C52H63N3O12. The van der Waals surface area contributed by atoms with Gasteiger partial charge in [-0.2, -0.15) is 0 Å². The summed E-state index contributed by atoms with van der Waals surface area (Å²) in [6.45, 7) is 15.1. The maximum Gasteiger partial charge on any atom is 0.312 e. The molecule has 4 heterocycles. The number of hydrogen-bond acceptors (Lipinski definition) is 14. The number of methoxy groups -OCH3 is 1. The Morgan fingerprint density at radius 1 is 0.866 bits per heavy atom. The van der Waals surface area contributed by atoms with Crippen molar-refractivity contribution in [1.29, 1.82) is 0 Å². The molecule has 4 aromatic carbocycles. The molecule has 0 saturated carbocycles. The maximum atomic E-state index is 14.7. The number of aromatic hydroxyl groups is 3. The SMILES string of the molecule is CO[C@H]1/C=C/O[C@@]2(C)Oc3c(C)c(O)c4c(O)c(c(N5CCN(Cc6cccc7ccccc67)CC5)c(O)c4c3C2=O)NC(=O)/C(C)=C\C=C\[C@H](C)[C@H](O)[C@@H](C)[C@@H](O)[C@@H](C)[C@H](OC(C)=O)[C@@H]1C. The van der Waals surface area contributed by atoms with Crippen LogP contribution in [0, 0.1) is 30.6 Å². The van der Waals surface area contributed by atoms with Crippen molar-refractivity contribution < 1.29 is 58.9 Å². The number of piperazine rings is 1. The summed E-state index contributed by atoms with van der Waals surface area (Å²) in [5, 5.41) is 64.3. The van der Waals surface area contributed by atoms with Gasteiger partial charge in [0.05, 0.1) is 35.5 Å². The first-order chi connectivity index (χ1) is 31.8. The van der Waals surface area contributed by atoms with Crippen LogP contribution in [0.4, 0.5) is 11.4 Å². The average molecular weight is 922 g/mol. The number of allylic oxidation sites excluding steroid dienone is 2. The van der Waals surface area contributed by atoms with Gasteiger partial charge in [0.2, 0.25) is 0 Å². The van der Waals surface area contributed by atoms with Crippen LogP contribution in [0.25, 0.3) is 21.5 Å². The second kappa shape index (κ2) is 19.6. The van der Waals surface area contributed by atoms with Gasteiger partial charge < -0.3 is 54.7 Å². The highest BCUT2D eigenvalue weighted by molar-refractivity contribution is 6.23. The summed E-state index contributed by atoms with van der Waals surface area (Å²) in [6.07, 6.45) is 3.69. The van der Waals surface area contributed by atoms with Crippen LogP contribution in [0.15, 0.2) is 78.6 Å². The van der Waals surface area contributed by atoms with E-state index in [9.17, 15) is 39.9 Å². The zero-order valence-electron chi connectivity index (χ0n) is 39.6. The monoisotopic (exact) mass is 921 g/mol. The third kappa shape index (κ3) is 9.30. The zero-order chi connectivity index (χ0) is 48.6. The second-order valence-electron chi connectivity index (χ2n) is 18.5. The standard InChI is InChI=1S/C52H63N3O12/c1-27-14-12-15-28(2)51(63)53-41-42(55-23-21-54(22-24-55)26-35-18-13-17-34-16-10-11-19-36(34)35)47(61)38-39(46(41)60)45(59)32(6)49-40(38)50(62)52(8,67-49)65-25-20-37(64-9)29(3)48(66-33(7)56)31(5)44(58)30(4)43(27)57/h10-20,25,27,29-31,37,43-44,48,57-61H,21-24,26H2,1-9H3,(H,53,63)/b14-12+,25-20+,28-15-/t27-,29+,30+,31+,37-,43-,44+,48+,52-/m0/s1. The van der Waals surface area contributed by atoms with Crippen molar-refractivity contribution in [3.63, 3.8) is 0 Å². The molecule has 358 valence electrons. The number of ketones is 1. The number of Topliss-reactive ketones (excluding diaryl/α,β-unsaturated/α-hetero) is 1. The maximum absolute atomic E-state index is 14.7. The van der Waals surface area contributed by atoms with Gasteiger partial charge in [-0.3, -0.25) is 19.3 Å². The van der Waals surface area contributed by atoms with Crippen LogP contribution in [0.1, 0.15) is 70.0 Å². The van der Waals surface area contributed by atoms with Crippen molar-refractivity contribution in [2.45, 2.75) is 92.1 Å². The topological polar surface area (TPSA) is 208 Å². The third-order valence-corrected chi connectivity index (χ3v) is 13.9. The molecule has 9 atom stereocenters. The molecule has 6 N–H and O–H groups in total. The van der Waals surface area contributed by atoms with Gasteiger partial charge in [-0.1, -0.05) is 88.4 Å². The van der Waals surface area contributed by atoms with E-state index >= 15 is 0 Å². The van der Waals surface area contributed by atoms with Gasteiger partial charge in [-0.15, -0.1) is 0 Å². The number of ether oxygens (including phenoxy) is 4. The molecule has 1 amide bonds. The molecule has 0 aromatic heterocycles. The number of carbonyl (C=O) groups excluding carboxylic acids is 3. The number of anilines is 2. The highest BCUT2D eigenvalue weighted by Crippen LogP contribution is 2.58. The smallest absolute Gasteiger partial charge is 0.312 e. The van der Waals surface area contributed by atoms with Crippen LogP contribution in [0.5, 0.6) is 23.0 Å². The molecule has 0 spiro atoms. The van der Waals surface area contributed by atoms with Gasteiger partial charge in [0.15, 0.2) is 5.75 Å².